The Kier molecular flexibility index (Phi) is 5.75. The van der Waals surface area contributed by atoms with Gasteiger partial charge in [-0.15, -0.1) is 0 Å². The highest BCUT2D eigenvalue weighted by Crippen LogP contribution is 2.29. The van der Waals surface area contributed by atoms with Gasteiger partial charge in [0.1, 0.15) is 18.2 Å². The third-order valence-corrected chi connectivity index (χ3v) is 7.49. The van der Waals surface area contributed by atoms with Crippen molar-refractivity contribution < 1.29 is 17.9 Å². The maximum atomic E-state index is 12.6. The van der Waals surface area contributed by atoms with Crippen LogP contribution in [0.15, 0.2) is 36.4 Å². The van der Waals surface area contributed by atoms with E-state index in [0.717, 1.165) is 28.2 Å². The van der Waals surface area contributed by atoms with Crippen LogP contribution in [0, 0.1) is 20.8 Å². The summed E-state index contributed by atoms with van der Waals surface area (Å²) in [4.78, 5) is 17.2. The van der Waals surface area contributed by atoms with Gasteiger partial charge in [-0.3, -0.25) is 4.79 Å². The van der Waals surface area contributed by atoms with E-state index in [9.17, 15) is 13.2 Å². The molecule has 2 heterocycles. The van der Waals surface area contributed by atoms with E-state index in [2.05, 4.69) is 10.3 Å². The Morgan fingerprint density at radius 3 is 2.61 bits per heavy atom. The van der Waals surface area contributed by atoms with Gasteiger partial charge in [0.15, 0.2) is 9.84 Å². The molecule has 0 saturated carbocycles. The number of rotatable bonds is 6. The van der Waals surface area contributed by atoms with Crippen LogP contribution in [-0.2, 0) is 9.84 Å². The summed E-state index contributed by atoms with van der Waals surface area (Å²) in [5, 5.41) is 2.88. The molecule has 0 bridgehead atoms. The highest BCUT2D eigenvalue weighted by atomic mass is 32.2. The van der Waals surface area contributed by atoms with Crippen LogP contribution in [0.2, 0.25) is 0 Å². The zero-order chi connectivity index (χ0) is 22.2. The summed E-state index contributed by atoms with van der Waals surface area (Å²) in [5.41, 5.74) is 4.20. The summed E-state index contributed by atoms with van der Waals surface area (Å²) in [6, 6.07) is 11.2. The van der Waals surface area contributed by atoms with E-state index in [1.54, 1.807) is 12.1 Å². The first-order valence-electron chi connectivity index (χ1n) is 10.4. The fourth-order valence-corrected chi connectivity index (χ4v) is 5.95. The van der Waals surface area contributed by atoms with Crippen LogP contribution in [0.4, 0.5) is 0 Å². The quantitative estimate of drug-likeness (QED) is 0.594. The zero-order valence-corrected chi connectivity index (χ0v) is 18.8. The standard InChI is InChI=1S/C23H27N3O4S/c1-15-5-4-6-16(2)22(15)30-11-10-24-23(27)18-7-8-21-20(13-18)25-17(3)26(21)19-9-12-31(28,29)14-19/h4-8,13,19H,9-12,14H2,1-3H3,(H,24,27)/t19-/m0/s1. The molecule has 1 amide bonds. The van der Waals surface area contributed by atoms with Crippen molar-refractivity contribution in [3.8, 4) is 5.75 Å². The summed E-state index contributed by atoms with van der Waals surface area (Å²) >= 11 is 0. The van der Waals surface area contributed by atoms with Gasteiger partial charge in [0, 0.05) is 5.56 Å². The number of amides is 1. The number of nitrogens with one attached hydrogen (secondary N) is 1. The molecule has 3 aromatic rings. The molecule has 8 heteroatoms. The molecule has 0 spiro atoms. The van der Waals surface area contributed by atoms with Crippen molar-refractivity contribution in [2.24, 2.45) is 0 Å². The molecular formula is C23H27N3O4S. The lowest BCUT2D eigenvalue weighted by Gasteiger charge is -2.14. The number of carbonyl (C=O) groups is 1. The topological polar surface area (TPSA) is 90.3 Å². The number of fused-ring (bicyclic) bond motifs is 1. The van der Waals surface area contributed by atoms with Crippen LogP contribution < -0.4 is 10.1 Å². The molecule has 1 aliphatic rings. The molecule has 7 nitrogen and oxygen atoms in total. The lowest BCUT2D eigenvalue weighted by molar-refractivity contribution is 0.0947. The van der Waals surface area contributed by atoms with Crippen LogP contribution in [0.1, 0.15) is 39.8 Å². The third-order valence-electron chi connectivity index (χ3n) is 5.74. The second kappa shape index (κ2) is 8.34. The molecule has 31 heavy (non-hydrogen) atoms. The Balaban J connectivity index is 1.42. The molecule has 2 aromatic carbocycles. The van der Waals surface area contributed by atoms with E-state index in [-0.39, 0.29) is 23.5 Å². The van der Waals surface area contributed by atoms with Crippen molar-refractivity contribution in [1.29, 1.82) is 0 Å². The number of aryl methyl sites for hydroxylation is 3. The highest BCUT2D eigenvalue weighted by Gasteiger charge is 2.31. The van der Waals surface area contributed by atoms with Gasteiger partial charge in [-0.1, -0.05) is 18.2 Å². The minimum absolute atomic E-state index is 0.100. The van der Waals surface area contributed by atoms with E-state index in [1.165, 1.54) is 0 Å². The van der Waals surface area contributed by atoms with Crippen molar-refractivity contribution in [2.75, 3.05) is 24.7 Å². The SMILES string of the molecule is Cc1cccc(C)c1OCCNC(=O)c1ccc2c(c1)nc(C)n2[C@H]1CCS(=O)(=O)C1. The molecular weight excluding hydrogens is 414 g/mol. The number of aromatic nitrogens is 2. The van der Waals surface area contributed by atoms with Gasteiger partial charge >= 0.3 is 0 Å². The maximum Gasteiger partial charge on any atom is 0.251 e. The predicted molar refractivity (Wildman–Crippen MR) is 121 cm³/mol. The first-order chi connectivity index (χ1) is 14.7. The average molecular weight is 442 g/mol. The van der Waals surface area contributed by atoms with E-state index >= 15 is 0 Å². The van der Waals surface area contributed by atoms with Gasteiger partial charge in [0.25, 0.3) is 5.91 Å². The van der Waals surface area contributed by atoms with Crippen LogP contribution in [0.3, 0.4) is 0 Å². The number of hydrogen-bond donors (Lipinski definition) is 1. The smallest absolute Gasteiger partial charge is 0.251 e. The van der Waals surface area contributed by atoms with Crippen LogP contribution >= 0.6 is 0 Å². The molecule has 0 radical (unpaired) electrons. The number of hydrogen-bond acceptors (Lipinski definition) is 5. The second-order valence-electron chi connectivity index (χ2n) is 8.11. The van der Waals surface area contributed by atoms with E-state index in [1.807, 2.05) is 49.6 Å². The molecule has 1 saturated heterocycles. The molecule has 1 atom stereocenters. The van der Waals surface area contributed by atoms with Gasteiger partial charge in [-0.25, -0.2) is 13.4 Å². The minimum Gasteiger partial charge on any atom is -0.491 e. The van der Waals surface area contributed by atoms with E-state index in [4.69, 9.17) is 4.74 Å². The largest absolute Gasteiger partial charge is 0.491 e. The number of sulfone groups is 1. The summed E-state index contributed by atoms with van der Waals surface area (Å²) < 4.78 is 31.6. The molecule has 1 N–H and O–H groups in total. The number of imidazole rings is 1. The summed E-state index contributed by atoms with van der Waals surface area (Å²) in [7, 11) is -2.99. The first kappa shape index (κ1) is 21.4. The van der Waals surface area contributed by atoms with E-state index < -0.39 is 9.84 Å². The fraction of sp³-hybridized carbons (Fsp3) is 0.391. The molecule has 1 aromatic heterocycles. The van der Waals surface area contributed by atoms with Crippen molar-refractivity contribution in [2.45, 2.75) is 33.2 Å². The fourth-order valence-electron chi connectivity index (χ4n) is 4.25. The van der Waals surface area contributed by atoms with Crippen molar-refractivity contribution >= 4 is 26.8 Å². The molecule has 164 valence electrons. The monoisotopic (exact) mass is 441 g/mol. The van der Waals surface area contributed by atoms with Gasteiger partial charge in [-0.05, 0) is 56.5 Å². The molecule has 0 unspecified atom stereocenters. The number of nitrogens with zero attached hydrogens (tertiary/aromatic N) is 2. The van der Waals surface area contributed by atoms with Crippen molar-refractivity contribution in [3.63, 3.8) is 0 Å². The Morgan fingerprint density at radius 2 is 1.94 bits per heavy atom. The lowest BCUT2D eigenvalue weighted by atomic mass is 10.1. The Bertz CT molecular complexity index is 1230. The normalized spacial score (nSPS) is 17.7. The molecule has 1 aliphatic heterocycles. The van der Waals surface area contributed by atoms with Crippen molar-refractivity contribution in [3.05, 3.63) is 58.9 Å². The number of benzene rings is 2. The Labute approximate surface area is 182 Å². The van der Waals surface area contributed by atoms with Crippen molar-refractivity contribution in [1.82, 2.24) is 14.9 Å². The molecule has 4 rings (SSSR count). The summed E-state index contributed by atoms with van der Waals surface area (Å²) in [6.07, 6.45) is 0.594. The highest BCUT2D eigenvalue weighted by molar-refractivity contribution is 7.91. The summed E-state index contributed by atoms with van der Waals surface area (Å²) in [6.45, 7) is 6.63. The van der Waals surface area contributed by atoms with E-state index in [0.29, 0.717) is 30.7 Å². The van der Waals surface area contributed by atoms with Crippen LogP contribution in [0.25, 0.3) is 11.0 Å². The number of para-hydroxylation sites is 1. The second-order valence-corrected chi connectivity index (χ2v) is 10.3. The third kappa shape index (κ3) is 4.44. The first-order valence-corrected chi connectivity index (χ1v) is 12.2. The molecule has 1 fully saturated rings. The zero-order valence-electron chi connectivity index (χ0n) is 18.0. The summed E-state index contributed by atoms with van der Waals surface area (Å²) in [5.74, 6) is 1.77. The van der Waals surface area contributed by atoms with Gasteiger partial charge in [-0.2, -0.15) is 0 Å². The number of ether oxygens (including phenoxy) is 1. The minimum atomic E-state index is -2.99. The average Bonchev–Trinajstić information content (AvgIpc) is 3.23. The number of carbonyl (C=O) groups excluding carboxylic acids is 1. The van der Waals surface area contributed by atoms with Crippen LogP contribution in [-0.4, -0.2) is 48.5 Å². The van der Waals surface area contributed by atoms with Gasteiger partial charge < -0.3 is 14.6 Å². The maximum absolute atomic E-state index is 12.6. The molecule has 0 aliphatic carbocycles. The van der Waals surface area contributed by atoms with Crippen LogP contribution in [0.5, 0.6) is 5.75 Å². The predicted octanol–water partition coefficient (Wildman–Crippen LogP) is 3.13. The Morgan fingerprint density at radius 1 is 1.19 bits per heavy atom. The van der Waals surface area contributed by atoms with Gasteiger partial charge in [0.2, 0.25) is 0 Å². The lowest BCUT2D eigenvalue weighted by Crippen LogP contribution is -2.28. The Hall–Kier alpha value is -2.87. The van der Waals surface area contributed by atoms with Gasteiger partial charge in [0.05, 0.1) is 35.1 Å².